The average Bonchev–Trinajstić information content (AvgIpc) is 2.76. The summed E-state index contributed by atoms with van der Waals surface area (Å²) in [5, 5.41) is 10.3. The van der Waals surface area contributed by atoms with Crippen LogP contribution in [0.15, 0.2) is 15.9 Å². The van der Waals surface area contributed by atoms with Gasteiger partial charge in [-0.3, -0.25) is 0 Å². The quantitative estimate of drug-likeness (QED) is 0.892. The minimum atomic E-state index is -0.175. The van der Waals surface area contributed by atoms with E-state index in [9.17, 15) is 5.11 Å². The molecule has 0 aromatic carbocycles. The normalized spacial score (nSPS) is 21.8. The molecule has 1 N–H and O–H groups in total. The zero-order valence-electron chi connectivity index (χ0n) is 9.00. The molecular formula is C12H17BrOS. The summed E-state index contributed by atoms with van der Waals surface area (Å²) in [6.45, 7) is 2.23. The van der Waals surface area contributed by atoms with E-state index in [1.54, 1.807) is 11.3 Å². The summed E-state index contributed by atoms with van der Waals surface area (Å²) >= 11 is 5.19. The fourth-order valence-corrected chi connectivity index (χ4v) is 3.93. The van der Waals surface area contributed by atoms with Gasteiger partial charge in [-0.15, -0.1) is 11.3 Å². The van der Waals surface area contributed by atoms with Crippen LogP contribution in [0.25, 0.3) is 0 Å². The Morgan fingerprint density at radius 1 is 1.47 bits per heavy atom. The van der Waals surface area contributed by atoms with Gasteiger partial charge in [0.05, 0.1) is 9.89 Å². The van der Waals surface area contributed by atoms with Crippen LogP contribution in [0.3, 0.4) is 0 Å². The van der Waals surface area contributed by atoms with Gasteiger partial charge in [0.1, 0.15) is 0 Å². The van der Waals surface area contributed by atoms with Gasteiger partial charge in [0.25, 0.3) is 0 Å². The van der Waals surface area contributed by atoms with Gasteiger partial charge in [0.15, 0.2) is 0 Å². The highest BCUT2D eigenvalue weighted by molar-refractivity contribution is 9.11. The van der Waals surface area contributed by atoms with Crippen LogP contribution in [-0.2, 0) is 6.42 Å². The molecule has 1 atom stereocenters. The van der Waals surface area contributed by atoms with Crippen molar-refractivity contribution in [3.8, 4) is 0 Å². The molecule has 1 nitrogen and oxygen atoms in total. The second-order valence-corrected chi connectivity index (χ2v) is 7.33. The van der Waals surface area contributed by atoms with Gasteiger partial charge in [0, 0.05) is 11.3 Å². The maximum Gasteiger partial charge on any atom is 0.0701 e. The van der Waals surface area contributed by atoms with Crippen molar-refractivity contribution in [2.75, 3.05) is 0 Å². The largest absolute Gasteiger partial charge is 0.392 e. The van der Waals surface area contributed by atoms with E-state index in [-0.39, 0.29) is 11.5 Å². The molecule has 84 valence electrons. The van der Waals surface area contributed by atoms with Crippen molar-refractivity contribution in [2.45, 2.75) is 45.1 Å². The van der Waals surface area contributed by atoms with Crippen molar-refractivity contribution in [2.24, 2.45) is 5.41 Å². The predicted molar refractivity (Wildman–Crippen MR) is 68.3 cm³/mol. The molecule has 1 aromatic rings. The predicted octanol–water partition coefficient (Wildman–Crippen LogP) is 3.99. The Labute approximate surface area is 104 Å². The molecule has 1 unspecified atom stereocenters. The van der Waals surface area contributed by atoms with Crippen LogP contribution in [0.1, 0.15) is 37.5 Å². The molecule has 1 fully saturated rings. The standard InChI is InChI=1S/C12H17BrOS/c1-12(6-2-3-7-12)10(14)8-9-4-5-11(13)15-9/h4-5,10,14H,2-3,6-8H2,1H3. The Bertz CT molecular complexity index is 328. The van der Waals surface area contributed by atoms with Gasteiger partial charge in [-0.1, -0.05) is 19.8 Å². The Morgan fingerprint density at radius 3 is 2.67 bits per heavy atom. The van der Waals surface area contributed by atoms with Crippen molar-refractivity contribution in [3.63, 3.8) is 0 Å². The number of aliphatic hydroxyl groups is 1. The number of hydrogen-bond acceptors (Lipinski definition) is 2. The van der Waals surface area contributed by atoms with E-state index in [4.69, 9.17) is 0 Å². The zero-order valence-corrected chi connectivity index (χ0v) is 11.4. The van der Waals surface area contributed by atoms with Crippen molar-refractivity contribution < 1.29 is 5.11 Å². The monoisotopic (exact) mass is 288 g/mol. The third-order valence-corrected chi connectivity index (χ3v) is 5.22. The van der Waals surface area contributed by atoms with Gasteiger partial charge in [-0.2, -0.15) is 0 Å². The highest BCUT2D eigenvalue weighted by Crippen LogP contribution is 2.42. The smallest absolute Gasteiger partial charge is 0.0701 e. The van der Waals surface area contributed by atoms with Crippen LogP contribution in [0.5, 0.6) is 0 Å². The van der Waals surface area contributed by atoms with Gasteiger partial charge < -0.3 is 5.11 Å². The van der Waals surface area contributed by atoms with E-state index < -0.39 is 0 Å². The first-order valence-corrected chi connectivity index (χ1v) is 7.13. The topological polar surface area (TPSA) is 20.2 Å². The minimum absolute atomic E-state index is 0.163. The van der Waals surface area contributed by atoms with E-state index in [1.165, 1.54) is 30.6 Å². The van der Waals surface area contributed by atoms with Crippen LogP contribution < -0.4 is 0 Å². The molecule has 2 rings (SSSR count). The summed E-state index contributed by atoms with van der Waals surface area (Å²) in [4.78, 5) is 1.28. The Morgan fingerprint density at radius 2 is 2.13 bits per heavy atom. The minimum Gasteiger partial charge on any atom is -0.392 e. The first-order chi connectivity index (χ1) is 7.10. The average molecular weight is 289 g/mol. The van der Waals surface area contributed by atoms with Crippen LogP contribution in [0.4, 0.5) is 0 Å². The molecule has 1 heterocycles. The van der Waals surface area contributed by atoms with Gasteiger partial charge >= 0.3 is 0 Å². The van der Waals surface area contributed by atoms with Crippen LogP contribution >= 0.6 is 27.3 Å². The maximum absolute atomic E-state index is 10.3. The molecule has 3 heteroatoms. The van der Waals surface area contributed by atoms with Crippen molar-refractivity contribution in [1.82, 2.24) is 0 Å². The molecule has 1 aromatic heterocycles. The number of hydrogen-bond donors (Lipinski definition) is 1. The molecule has 0 spiro atoms. The number of aliphatic hydroxyl groups excluding tert-OH is 1. The molecule has 0 amide bonds. The van der Waals surface area contributed by atoms with Crippen molar-refractivity contribution in [3.05, 3.63) is 20.8 Å². The molecular weight excluding hydrogens is 272 g/mol. The second-order valence-electron chi connectivity index (χ2n) is 4.79. The molecule has 0 saturated heterocycles. The van der Waals surface area contributed by atoms with E-state index in [0.717, 1.165) is 10.2 Å². The lowest BCUT2D eigenvalue weighted by Crippen LogP contribution is -2.31. The number of thiophene rings is 1. The molecule has 0 radical (unpaired) electrons. The van der Waals surface area contributed by atoms with Crippen molar-refractivity contribution in [1.29, 1.82) is 0 Å². The molecule has 0 bridgehead atoms. The van der Waals surface area contributed by atoms with Gasteiger partial charge in [-0.05, 0) is 46.3 Å². The van der Waals surface area contributed by atoms with E-state index in [2.05, 4.69) is 35.0 Å². The molecule has 0 aliphatic heterocycles. The summed E-state index contributed by atoms with van der Waals surface area (Å²) < 4.78 is 1.15. The Balaban J connectivity index is 1.99. The second kappa shape index (κ2) is 4.56. The first kappa shape index (κ1) is 11.6. The SMILES string of the molecule is CC1(C(O)Cc2ccc(Br)s2)CCCC1. The molecule has 1 saturated carbocycles. The third kappa shape index (κ3) is 2.63. The summed E-state index contributed by atoms with van der Waals surface area (Å²) in [7, 11) is 0. The lowest BCUT2D eigenvalue weighted by Gasteiger charge is -2.29. The number of rotatable bonds is 3. The van der Waals surface area contributed by atoms with Crippen LogP contribution in [-0.4, -0.2) is 11.2 Å². The number of halogens is 1. The fourth-order valence-electron chi connectivity index (χ4n) is 2.41. The van der Waals surface area contributed by atoms with E-state index >= 15 is 0 Å². The Hall–Kier alpha value is 0.140. The van der Waals surface area contributed by atoms with Crippen molar-refractivity contribution >= 4 is 27.3 Å². The zero-order chi connectivity index (χ0) is 10.9. The summed E-state index contributed by atoms with van der Waals surface area (Å²) in [6, 6.07) is 4.17. The Kier molecular flexibility index (Phi) is 3.53. The molecule has 1 aliphatic rings. The van der Waals surface area contributed by atoms with Crippen LogP contribution in [0.2, 0.25) is 0 Å². The maximum atomic E-state index is 10.3. The lowest BCUT2D eigenvalue weighted by molar-refractivity contribution is 0.0430. The van der Waals surface area contributed by atoms with E-state index in [0.29, 0.717) is 0 Å². The third-order valence-electron chi connectivity index (χ3n) is 3.57. The summed E-state index contributed by atoms with van der Waals surface area (Å²) in [6.07, 6.45) is 5.56. The molecule has 1 aliphatic carbocycles. The fraction of sp³-hybridized carbons (Fsp3) is 0.667. The molecule has 15 heavy (non-hydrogen) atoms. The highest BCUT2D eigenvalue weighted by Gasteiger charge is 2.35. The van der Waals surface area contributed by atoms with Gasteiger partial charge in [0.2, 0.25) is 0 Å². The van der Waals surface area contributed by atoms with Gasteiger partial charge in [-0.25, -0.2) is 0 Å². The van der Waals surface area contributed by atoms with E-state index in [1.807, 2.05) is 0 Å². The highest BCUT2D eigenvalue weighted by atomic mass is 79.9. The summed E-state index contributed by atoms with van der Waals surface area (Å²) in [5.41, 5.74) is 0.163. The van der Waals surface area contributed by atoms with Crippen LogP contribution in [0, 0.1) is 5.41 Å². The first-order valence-electron chi connectivity index (χ1n) is 5.52. The lowest BCUT2D eigenvalue weighted by atomic mass is 9.81. The summed E-state index contributed by atoms with van der Waals surface area (Å²) in [5.74, 6) is 0.